The number of benzene rings is 1. The molecule has 0 atom stereocenters. The van der Waals surface area contributed by atoms with Crippen molar-refractivity contribution in [2.24, 2.45) is 7.05 Å². The van der Waals surface area contributed by atoms with Gasteiger partial charge in [-0.2, -0.15) is 5.10 Å². The molecule has 0 spiro atoms. The Kier molecular flexibility index (Phi) is 4.81. The van der Waals surface area contributed by atoms with Gasteiger partial charge in [-0.3, -0.25) is 4.68 Å². The molecule has 2 aromatic rings. The second kappa shape index (κ2) is 6.78. The molecule has 0 bridgehead atoms. The minimum atomic E-state index is -0.436. The quantitative estimate of drug-likeness (QED) is 0.648. The first kappa shape index (κ1) is 14.9. The Morgan fingerprint density at radius 1 is 1.43 bits per heavy atom. The second-order valence-corrected chi connectivity index (χ2v) is 4.57. The molecule has 0 aliphatic rings. The summed E-state index contributed by atoms with van der Waals surface area (Å²) >= 11 is 0. The molecule has 6 heteroatoms. The average Bonchev–Trinajstić information content (AvgIpc) is 2.87. The van der Waals surface area contributed by atoms with E-state index in [0.29, 0.717) is 30.0 Å². The van der Waals surface area contributed by atoms with Gasteiger partial charge in [0.1, 0.15) is 5.56 Å². The zero-order valence-corrected chi connectivity index (χ0v) is 12.2. The fourth-order valence-electron chi connectivity index (χ4n) is 1.96. The van der Waals surface area contributed by atoms with Crippen LogP contribution in [0.4, 0.5) is 5.69 Å². The van der Waals surface area contributed by atoms with Gasteiger partial charge in [0, 0.05) is 19.7 Å². The molecule has 0 radical (unpaired) electrons. The number of nitrogens with zero attached hydrogens (tertiary/aromatic N) is 2. The average molecular weight is 289 g/mol. The van der Waals surface area contributed by atoms with Crippen molar-refractivity contribution in [1.29, 1.82) is 0 Å². The molecule has 0 aliphatic carbocycles. The molecule has 112 valence electrons. The van der Waals surface area contributed by atoms with Crippen LogP contribution in [0.2, 0.25) is 0 Å². The Hall–Kier alpha value is -2.50. The molecule has 1 aromatic carbocycles. The number of nitrogen functional groups attached to an aromatic ring is 1. The maximum atomic E-state index is 12.1. The Morgan fingerprint density at radius 3 is 2.90 bits per heavy atom. The van der Waals surface area contributed by atoms with Crippen molar-refractivity contribution in [2.45, 2.75) is 13.3 Å². The lowest BCUT2D eigenvalue weighted by atomic mass is 10.1. The van der Waals surface area contributed by atoms with Gasteiger partial charge in [-0.1, -0.05) is 6.07 Å². The first-order valence-corrected chi connectivity index (χ1v) is 6.77. The maximum Gasteiger partial charge on any atom is 0.342 e. The summed E-state index contributed by atoms with van der Waals surface area (Å²) in [7, 11) is 1.84. The summed E-state index contributed by atoms with van der Waals surface area (Å²) in [5.41, 5.74) is 7.62. The number of rotatable bonds is 6. The highest BCUT2D eigenvalue weighted by molar-refractivity contribution is 5.94. The third-order valence-corrected chi connectivity index (χ3v) is 2.94. The number of para-hydroxylation sites is 1. The van der Waals surface area contributed by atoms with Crippen LogP contribution in [0.1, 0.15) is 22.8 Å². The number of aromatic nitrogens is 2. The van der Waals surface area contributed by atoms with E-state index in [1.807, 2.05) is 20.2 Å². The topological polar surface area (TPSA) is 79.4 Å². The van der Waals surface area contributed by atoms with Gasteiger partial charge in [-0.25, -0.2) is 4.79 Å². The Labute approximate surface area is 123 Å². The van der Waals surface area contributed by atoms with E-state index in [1.54, 1.807) is 29.1 Å². The number of carbonyl (C=O) groups is 1. The third-order valence-electron chi connectivity index (χ3n) is 2.94. The number of ether oxygens (including phenoxy) is 2. The second-order valence-electron chi connectivity index (χ2n) is 4.57. The standard InChI is InChI=1S/C15H19N3O3/c1-3-20-14-12(5-4-6-13(14)16)15(19)21-8-7-11-9-17-18(2)10-11/h4-6,9-10H,3,7-8,16H2,1-2H3. The van der Waals surface area contributed by atoms with E-state index in [9.17, 15) is 4.79 Å². The predicted octanol–water partition coefficient (Wildman–Crippen LogP) is 1.80. The van der Waals surface area contributed by atoms with Crippen molar-refractivity contribution >= 4 is 11.7 Å². The van der Waals surface area contributed by atoms with Crippen LogP contribution in [-0.4, -0.2) is 29.0 Å². The molecule has 6 nitrogen and oxygen atoms in total. The lowest BCUT2D eigenvalue weighted by molar-refractivity contribution is 0.0505. The summed E-state index contributed by atoms with van der Waals surface area (Å²) in [6.07, 6.45) is 4.26. The Balaban J connectivity index is 1.98. The molecule has 0 saturated heterocycles. The molecule has 2 N–H and O–H groups in total. The SMILES string of the molecule is CCOc1c(N)cccc1C(=O)OCCc1cnn(C)c1. The van der Waals surface area contributed by atoms with Crippen LogP contribution in [0.15, 0.2) is 30.6 Å². The summed E-state index contributed by atoms with van der Waals surface area (Å²) in [6.45, 7) is 2.55. The van der Waals surface area contributed by atoms with Crippen LogP contribution in [-0.2, 0) is 18.2 Å². The molecule has 0 saturated carbocycles. The van der Waals surface area contributed by atoms with Crippen molar-refractivity contribution in [3.8, 4) is 5.75 Å². The van der Waals surface area contributed by atoms with E-state index >= 15 is 0 Å². The smallest absolute Gasteiger partial charge is 0.342 e. The first-order chi connectivity index (χ1) is 10.1. The van der Waals surface area contributed by atoms with Crippen molar-refractivity contribution < 1.29 is 14.3 Å². The number of anilines is 1. The minimum absolute atomic E-state index is 0.283. The maximum absolute atomic E-state index is 12.1. The number of carbonyl (C=O) groups excluding carboxylic acids is 1. The van der Waals surface area contributed by atoms with Crippen molar-refractivity contribution in [1.82, 2.24) is 9.78 Å². The van der Waals surface area contributed by atoms with E-state index in [1.165, 1.54) is 0 Å². The molecule has 1 aromatic heterocycles. The fourth-order valence-corrected chi connectivity index (χ4v) is 1.96. The number of esters is 1. The summed E-state index contributed by atoms with van der Waals surface area (Å²) in [5.74, 6) is -0.0546. The Bertz CT molecular complexity index is 622. The number of hydrogen-bond acceptors (Lipinski definition) is 5. The van der Waals surface area contributed by atoms with Crippen LogP contribution >= 0.6 is 0 Å². The normalized spacial score (nSPS) is 10.4. The number of hydrogen-bond donors (Lipinski definition) is 1. The zero-order valence-electron chi connectivity index (χ0n) is 12.2. The third kappa shape index (κ3) is 3.75. The molecular weight excluding hydrogens is 270 g/mol. The fraction of sp³-hybridized carbons (Fsp3) is 0.333. The molecule has 0 aliphatic heterocycles. The molecule has 0 unspecified atom stereocenters. The highest BCUT2D eigenvalue weighted by atomic mass is 16.5. The largest absolute Gasteiger partial charge is 0.491 e. The van der Waals surface area contributed by atoms with E-state index < -0.39 is 5.97 Å². The van der Waals surface area contributed by atoms with Gasteiger partial charge in [0.15, 0.2) is 5.75 Å². The van der Waals surface area contributed by atoms with E-state index in [2.05, 4.69) is 5.10 Å². The first-order valence-electron chi connectivity index (χ1n) is 6.77. The van der Waals surface area contributed by atoms with Crippen LogP contribution in [0.25, 0.3) is 0 Å². The van der Waals surface area contributed by atoms with E-state index in [0.717, 1.165) is 5.56 Å². The van der Waals surface area contributed by atoms with Gasteiger partial charge in [0.2, 0.25) is 0 Å². The highest BCUT2D eigenvalue weighted by Gasteiger charge is 2.16. The monoisotopic (exact) mass is 289 g/mol. The molecular formula is C15H19N3O3. The van der Waals surface area contributed by atoms with Gasteiger partial charge < -0.3 is 15.2 Å². The molecule has 0 fully saturated rings. The lowest BCUT2D eigenvalue weighted by Crippen LogP contribution is -2.11. The molecule has 2 rings (SSSR count). The zero-order chi connectivity index (χ0) is 15.2. The van der Waals surface area contributed by atoms with Gasteiger partial charge >= 0.3 is 5.97 Å². The van der Waals surface area contributed by atoms with Crippen LogP contribution < -0.4 is 10.5 Å². The summed E-state index contributed by atoms with van der Waals surface area (Å²) in [5, 5.41) is 4.06. The minimum Gasteiger partial charge on any atom is -0.491 e. The predicted molar refractivity (Wildman–Crippen MR) is 79.2 cm³/mol. The molecule has 0 amide bonds. The van der Waals surface area contributed by atoms with E-state index in [4.69, 9.17) is 15.2 Å². The van der Waals surface area contributed by atoms with Crippen LogP contribution in [0, 0.1) is 0 Å². The number of aryl methyl sites for hydroxylation is 1. The molecule has 1 heterocycles. The van der Waals surface area contributed by atoms with Crippen LogP contribution in [0.5, 0.6) is 5.75 Å². The highest BCUT2D eigenvalue weighted by Crippen LogP contribution is 2.27. The summed E-state index contributed by atoms with van der Waals surface area (Å²) in [4.78, 5) is 12.1. The number of nitrogens with two attached hydrogens (primary N) is 1. The molecule has 21 heavy (non-hydrogen) atoms. The van der Waals surface area contributed by atoms with Gasteiger partial charge in [-0.15, -0.1) is 0 Å². The van der Waals surface area contributed by atoms with Gasteiger partial charge in [0.05, 0.1) is 25.1 Å². The Morgan fingerprint density at radius 2 is 2.24 bits per heavy atom. The summed E-state index contributed by atoms with van der Waals surface area (Å²) < 4.78 is 12.4. The van der Waals surface area contributed by atoms with Crippen molar-refractivity contribution in [3.05, 3.63) is 41.7 Å². The van der Waals surface area contributed by atoms with Crippen molar-refractivity contribution in [2.75, 3.05) is 18.9 Å². The van der Waals surface area contributed by atoms with Crippen molar-refractivity contribution in [3.63, 3.8) is 0 Å². The summed E-state index contributed by atoms with van der Waals surface area (Å²) in [6, 6.07) is 5.04. The van der Waals surface area contributed by atoms with Gasteiger partial charge in [0.25, 0.3) is 0 Å². The van der Waals surface area contributed by atoms with Gasteiger partial charge in [-0.05, 0) is 24.6 Å². The van der Waals surface area contributed by atoms with E-state index in [-0.39, 0.29) is 6.61 Å². The lowest BCUT2D eigenvalue weighted by Gasteiger charge is -2.12. The van der Waals surface area contributed by atoms with Crippen LogP contribution in [0.3, 0.4) is 0 Å².